The summed E-state index contributed by atoms with van der Waals surface area (Å²) in [6.07, 6.45) is 5.35. The van der Waals surface area contributed by atoms with E-state index in [4.69, 9.17) is 0 Å². The highest BCUT2D eigenvalue weighted by molar-refractivity contribution is 9.10. The van der Waals surface area contributed by atoms with Crippen LogP contribution in [0.2, 0.25) is 0 Å². The van der Waals surface area contributed by atoms with Crippen molar-refractivity contribution in [3.8, 4) is 0 Å². The number of nitrogens with one attached hydrogen (secondary N) is 1. The molecule has 0 unspecified atom stereocenters. The normalized spacial score (nSPS) is 15.7. The number of amides is 1. The third-order valence-electron chi connectivity index (χ3n) is 5.51. The molecule has 3 heterocycles. The SMILES string of the molecule is CC1=C(C(=O)Nc2ccccc2)[C@@H](c2ccc(Br)cc2)n2c(s/c(=C/c3cnn(C)c3)c2=O)=N1. The Bertz CT molecular complexity index is 1600. The number of carbonyl (C=O) groups is 1. The van der Waals surface area contributed by atoms with Crippen LogP contribution in [-0.4, -0.2) is 20.3 Å². The van der Waals surface area contributed by atoms with Gasteiger partial charge in [-0.1, -0.05) is 57.6 Å². The number of thiazole rings is 1. The molecule has 5 rings (SSSR count). The number of hydrogen-bond donors (Lipinski definition) is 1. The lowest BCUT2D eigenvalue weighted by Crippen LogP contribution is -2.40. The van der Waals surface area contributed by atoms with E-state index in [9.17, 15) is 9.59 Å². The molecule has 0 spiro atoms. The van der Waals surface area contributed by atoms with Crippen LogP contribution in [-0.2, 0) is 11.8 Å². The van der Waals surface area contributed by atoms with Gasteiger partial charge in [-0.3, -0.25) is 18.8 Å². The van der Waals surface area contributed by atoms with Crippen LogP contribution in [0.1, 0.15) is 24.1 Å². The summed E-state index contributed by atoms with van der Waals surface area (Å²) in [5, 5.41) is 7.13. The number of nitrogens with zero attached hydrogens (tertiary/aromatic N) is 4. The van der Waals surface area contributed by atoms with E-state index in [0.717, 1.165) is 15.6 Å². The molecule has 4 aromatic rings. The van der Waals surface area contributed by atoms with Crippen LogP contribution in [0.5, 0.6) is 0 Å². The van der Waals surface area contributed by atoms with E-state index in [2.05, 4.69) is 31.3 Å². The number of carbonyl (C=O) groups excluding carboxylic acids is 1. The molecule has 0 saturated heterocycles. The fourth-order valence-electron chi connectivity index (χ4n) is 3.96. The lowest BCUT2D eigenvalue weighted by Gasteiger charge is -2.25. The van der Waals surface area contributed by atoms with Gasteiger partial charge in [-0.2, -0.15) is 5.10 Å². The van der Waals surface area contributed by atoms with Gasteiger partial charge in [0.2, 0.25) is 0 Å². The second-order valence-electron chi connectivity index (χ2n) is 7.90. The monoisotopic (exact) mass is 533 g/mol. The Hall–Kier alpha value is -3.56. The van der Waals surface area contributed by atoms with E-state index in [1.165, 1.54) is 11.3 Å². The van der Waals surface area contributed by atoms with Gasteiger partial charge in [0.1, 0.15) is 0 Å². The summed E-state index contributed by atoms with van der Waals surface area (Å²) >= 11 is 4.77. The van der Waals surface area contributed by atoms with Crippen molar-refractivity contribution in [1.29, 1.82) is 0 Å². The van der Waals surface area contributed by atoms with Crippen LogP contribution in [0.15, 0.2) is 92.5 Å². The molecule has 2 aromatic carbocycles. The summed E-state index contributed by atoms with van der Waals surface area (Å²) in [5.41, 5.74) is 3.15. The van der Waals surface area contributed by atoms with Gasteiger partial charge in [0.15, 0.2) is 4.80 Å². The summed E-state index contributed by atoms with van der Waals surface area (Å²) in [6, 6.07) is 16.3. The Morgan fingerprint density at radius 2 is 1.88 bits per heavy atom. The van der Waals surface area contributed by atoms with Gasteiger partial charge in [-0.05, 0) is 42.8 Å². The first kappa shape index (κ1) is 22.2. The minimum absolute atomic E-state index is 0.196. The molecule has 2 aromatic heterocycles. The standard InChI is InChI=1S/C25H20BrN5O2S/c1-15-21(23(32)29-19-6-4-3-5-7-19)22(17-8-10-18(26)11-9-17)31-24(33)20(34-25(31)28-15)12-16-13-27-30(2)14-16/h3-14,22H,1-2H3,(H,29,32)/b20-12+/t22-/m1/s1. The fraction of sp³-hybridized carbons (Fsp3) is 0.120. The first-order chi connectivity index (χ1) is 16.4. The first-order valence-corrected chi connectivity index (χ1v) is 12.1. The fourth-order valence-corrected chi connectivity index (χ4v) is 5.27. The van der Waals surface area contributed by atoms with Gasteiger partial charge in [0, 0.05) is 29.0 Å². The summed E-state index contributed by atoms with van der Waals surface area (Å²) in [7, 11) is 1.83. The van der Waals surface area contributed by atoms with E-state index in [1.807, 2.05) is 74.8 Å². The minimum Gasteiger partial charge on any atom is -0.322 e. The maximum absolute atomic E-state index is 13.6. The summed E-state index contributed by atoms with van der Waals surface area (Å²) in [5.74, 6) is -0.290. The van der Waals surface area contributed by atoms with Crippen molar-refractivity contribution in [3.63, 3.8) is 0 Å². The summed E-state index contributed by atoms with van der Waals surface area (Å²) in [4.78, 5) is 32.3. The number of allylic oxidation sites excluding steroid dienone is 1. The van der Waals surface area contributed by atoms with Crippen LogP contribution in [0, 0.1) is 0 Å². The molecular weight excluding hydrogens is 514 g/mol. The molecule has 9 heteroatoms. The van der Waals surface area contributed by atoms with E-state index >= 15 is 0 Å². The van der Waals surface area contributed by atoms with Crippen molar-refractivity contribution in [1.82, 2.24) is 14.3 Å². The van der Waals surface area contributed by atoms with E-state index in [1.54, 1.807) is 21.5 Å². The van der Waals surface area contributed by atoms with Crippen molar-refractivity contribution in [2.75, 3.05) is 5.32 Å². The summed E-state index contributed by atoms with van der Waals surface area (Å²) in [6.45, 7) is 1.81. The second-order valence-corrected chi connectivity index (χ2v) is 9.83. The van der Waals surface area contributed by atoms with Gasteiger partial charge in [0.25, 0.3) is 11.5 Å². The number of benzene rings is 2. The van der Waals surface area contributed by atoms with E-state index < -0.39 is 6.04 Å². The van der Waals surface area contributed by atoms with Crippen LogP contribution in [0.4, 0.5) is 5.69 Å². The Kier molecular flexibility index (Phi) is 5.89. The molecule has 1 amide bonds. The third-order valence-corrected chi connectivity index (χ3v) is 7.02. The minimum atomic E-state index is -0.607. The lowest BCUT2D eigenvalue weighted by atomic mass is 9.95. The number of halogens is 1. The maximum atomic E-state index is 13.6. The van der Waals surface area contributed by atoms with Crippen LogP contribution in [0.25, 0.3) is 6.08 Å². The quantitative estimate of drug-likeness (QED) is 0.436. The molecule has 0 saturated carbocycles. The zero-order valence-corrected chi connectivity index (χ0v) is 20.8. The highest BCUT2D eigenvalue weighted by Gasteiger charge is 2.32. The molecule has 0 bridgehead atoms. The second kappa shape index (κ2) is 9.00. The molecule has 0 aliphatic carbocycles. The molecule has 0 fully saturated rings. The highest BCUT2D eigenvalue weighted by atomic mass is 79.9. The number of rotatable bonds is 4. The molecule has 7 nitrogen and oxygen atoms in total. The molecular formula is C25H20BrN5O2S. The number of aryl methyl sites for hydroxylation is 1. The summed E-state index contributed by atoms with van der Waals surface area (Å²) < 4.78 is 4.75. The average molecular weight is 534 g/mol. The van der Waals surface area contributed by atoms with Crippen molar-refractivity contribution in [2.24, 2.45) is 12.0 Å². The zero-order chi connectivity index (χ0) is 23.8. The van der Waals surface area contributed by atoms with Crippen LogP contribution in [0.3, 0.4) is 0 Å². The Morgan fingerprint density at radius 3 is 2.56 bits per heavy atom. The van der Waals surface area contributed by atoms with Crippen molar-refractivity contribution >= 4 is 44.9 Å². The van der Waals surface area contributed by atoms with Gasteiger partial charge < -0.3 is 5.32 Å². The van der Waals surface area contributed by atoms with Crippen molar-refractivity contribution in [3.05, 3.63) is 114 Å². The number of para-hydroxylation sites is 1. The topological polar surface area (TPSA) is 81.3 Å². The lowest BCUT2D eigenvalue weighted by molar-refractivity contribution is -0.113. The van der Waals surface area contributed by atoms with Crippen LogP contribution < -0.4 is 20.2 Å². The Labute approximate surface area is 207 Å². The van der Waals surface area contributed by atoms with E-state index in [0.29, 0.717) is 26.3 Å². The molecule has 0 radical (unpaired) electrons. The first-order valence-electron chi connectivity index (χ1n) is 10.5. The average Bonchev–Trinajstić information content (AvgIpc) is 3.36. The molecule has 1 N–H and O–H groups in total. The van der Waals surface area contributed by atoms with Crippen molar-refractivity contribution < 1.29 is 4.79 Å². The predicted octanol–water partition coefficient (Wildman–Crippen LogP) is 3.37. The number of hydrogen-bond acceptors (Lipinski definition) is 5. The number of anilines is 1. The smallest absolute Gasteiger partial charge is 0.271 e. The number of aromatic nitrogens is 3. The zero-order valence-electron chi connectivity index (χ0n) is 18.4. The van der Waals surface area contributed by atoms with Gasteiger partial charge in [0.05, 0.1) is 28.0 Å². The molecule has 1 aliphatic heterocycles. The maximum Gasteiger partial charge on any atom is 0.271 e. The third kappa shape index (κ3) is 4.20. The van der Waals surface area contributed by atoms with Gasteiger partial charge in [-0.25, -0.2) is 4.99 Å². The molecule has 1 atom stereocenters. The van der Waals surface area contributed by atoms with E-state index in [-0.39, 0.29) is 11.5 Å². The molecule has 170 valence electrons. The van der Waals surface area contributed by atoms with Gasteiger partial charge >= 0.3 is 0 Å². The van der Waals surface area contributed by atoms with Crippen molar-refractivity contribution in [2.45, 2.75) is 13.0 Å². The Balaban J connectivity index is 1.68. The Morgan fingerprint density at radius 1 is 1.15 bits per heavy atom. The largest absolute Gasteiger partial charge is 0.322 e. The highest BCUT2D eigenvalue weighted by Crippen LogP contribution is 2.31. The molecule has 1 aliphatic rings. The van der Waals surface area contributed by atoms with Gasteiger partial charge in [-0.15, -0.1) is 0 Å². The predicted molar refractivity (Wildman–Crippen MR) is 136 cm³/mol. The number of fused-ring (bicyclic) bond motifs is 1. The van der Waals surface area contributed by atoms with Crippen LogP contribution >= 0.6 is 27.3 Å². The molecule has 34 heavy (non-hydrogen) atoms.